The third kappa shape index (κ3) is 6.57. The van der Waals surface area contributed by atoms with Gasteiger partial charge in [-0.1, -0.05) is 32.0 Å². The Balaban J connectivity index is 2.50. The summed E-state index contributed by atoms with van der Waals surface area (Å²) in [5, 5.41) is 2.98. The molecule has 0 radical (unpaired) electrons. The molecule has 20 heavy (non-hydrogen) atoms. The molecule has 1 aromatic rings. The fourth-order valence-electron chi connectivity index (χ4n) is 1.95. The van der Waals surface area contributed by atoms with Gasteiger partial charge >= 0.3 is 0 Å². The maximum atomic E-state index is 12.0. The maximum Gasteiger partial charge on any atom is 0.239 e. The van der Waals surface area contributed by atoms with Gasteiger partial charge in [0.15, 0.2) is 0 Å². The first-order valence-corrected chi connectivity index (χ1v) is 7.40. The number of nitrogens with two attached hydrogens (primary N) is 1. The number of amides is 1. The lowest BCUT2D eigenvalue weighted by atomic mass is 10.1. The van der Waals surface area contributed by atoms with E-state index in [9.17, 15) is 4.79 Å². The topological polar surface area (TPSA) is 58.4 Å². The van der Waals surface area contributed by atoms with E-state index in [0.717, 1.165) is 31.6 Å². The van der Waals surface area contributed by atoms with Crippen LogP contribution in [-0.2, 0) is 4.79 Å². The number of nitrogens with zero attached hydrogens (tertiary/aromatic N) is 1. The number of rotatable bonds is 9. The van der Waals surface area contributed by atoms with Crippen LogP contribution in [0.15, 0.2) is 30.3 Å². The quantitative estimate of drug-likeness (QED) is 0.726. The summed E-state index contributed by atoms with van der Waals surface area (Å²) in [6, 6.07) is 10.0. The van der Waals surface area contributed by atoms with Gasteiger partial charge in [0.25, 0.3) is 0 Å². The molecule has 0 saturated heterocycles. The maximum absolute atomic E-state index is 12.0. The molecule has 0 aliphatic heterocycles. The van der Waals surface area contributed by atoms with Crippen LogP contribution in [0.25, 0.3) is 0 Å². The van der Waals surface area contributed by atoms with Gasteiger partial charge in [0, 0.05) is 18.8 Å². The van der Waals surface area contributed by atoms with Gasteiger partial charge in [0.05, 0.1) is 6.54 Å². The van der Waals surface area contributed by atoms with Crippen molar-refractivity contribution in [3.8, 4) is 0 Å². The summed E-state index contributed by atoms with van der Waals surface area (Å²) in [6.45, 7) is 6.89. The van der Waals surface area contributed by atoms with Crippen molar-refractivity contribution >= 4 is 11.6 Å². The molecule has 4 heteroatoms. The van der Waals surface area contributed by atoms with Crippen LogP contribution >= 0.6 is 0 Å². The molecule has 1 rings (SSSR count). The molecule has 1 amide bonds. The average molecular weight is 277 g/mol. The minimum Gasteiger partial charge on any atom is -0.362 e. The lowest BCUT2D eigenvalue weighted by Gasteiger charge is -2.24. The fourth-order valence-corrected chi connectivity index (χ4v) is 1.95. The Morgan fingerprint density at radius 2 is 2.00 bits per heavy atom. The van der Waals surface area contributed by atoms with Crippen molar-refractivity contribution in [2.45, 2.75) is 26.7 Å². The molecule has 0 saturated carbocycles. The normalized spacial score (nSPS) is 10.6. The number of carbonyl (C=O) groups is 1. The summed E-state index contributed by atoms with van der Waals surface area (Å²) in [4.78, 5) is 14.1. The summed E-state index contributed by atoms with van der Waals surface area (Å²) in [6.07, 6.45) is 1.90. The predicted molar refractivity (Wildman–Crippen MR) is 84.8 cm³/mol. The summed E-state index contributed by atoms with van der Waals surface area (Å²) >= 11 is 0. The molecule has 1 aromatic carbocycles. The van der Waals surface area contributed by atoms with E-state index in [1.807, 2.05) is 30.3 Å². The van der Waals surface area contributed by atoms with Gasteiger partial charge in [0.1, 0.15) is 0 Å². The zero-order valence-corrected chi connectivity index (χ0v) is 12.6. The first-order chi connectivity index (χ1) is 9.63. The van der Waals surface area contributed by atoms with Crippen molar-refractivity contribution in [3.05, 3.63) is 30.3 Å². The molecule has 112 valence electrons. The molecule has 0 aliphatic carbocycles. The van der Waals surface area contributed by atoms with Crippen LogP contribution in [0.1, 0.15) is 26.7 Å². The zero-order chi connectivity index (χ0) is 14.8. The minimum atomic E-state index is 0.0755. The summed E-state index contributed by atoms with van der Waals surface area (Å²) in [5.41, 5.74) is 6.64. The van der Waals surface area contributed by atoms with Crippen LogP contribution in [0.3, 0.4) is 0 Å². The molecule has 0 aromatic heterocycles. The Hall–Kier alpha value is -1.55. The Kier molecular flexibility index (Phi) is 7.73. The number of hydrogen-bond acceptors (Lipinski definition) is 3. The Bertz CT molecular complexity index is 379. The molecular formula is C16H27N3O. The number of benzene rings is 1. The molecule has 0 spiro atoms. The van der Waals surface area contributed by atoms with Crippen LogP contribution in [0.2, 0.25) is 0 Å². The van der Waals surface area contributed by atoms with Crippen LogP contribution in [0, 0.1) is 5.92 Å². The minimum absolute atomic E-state index is 0.0755. The van der Waals surface area contributed by atoms with E-state index < -0.39 is 0 Å². The van der Waals surface area contributed by atoms with Crippen molar-refractivity contribution in [3.63, 3.8) is 0 Å². The first kappa shape index (κ1) is 16.5. The van der Waals surface area contributed by atoms with E-state index in [2.05, 4.69) is 24.1 Å². The lowest BCUT2D eigenvalue weighted by molar-refractivity contribution is -0.119. The highest BCUT2D eigenvalue weighted by atomic mass is 16.2. The number of hydrogen-bond donors (Lipinski definition) is 2. The fraction of sp³-hybridized carbons (Fsp3) is 0.562. The summed E-state index contributed by atoms with van der Waals surface area (Å²) in [5.74, 6) is 0.685. The van der Waals surface area contributed by atoms with Gasteiger partial charge < -0.3 is 16.0 Å². The van der Waals surface area contributed by atoms with Crippen LogP contribution < -0.4 is 16.0 Å². The van der Waals surface area contributed by atoms with Crippen molar-refractivity contribution in [1.29, 1.82) is 0 Å². The summed E-state index contributed by atoms with van der Waals surface area (Å²) < 4.78 is 0. The van der Waals surface area contributed by atoms with Gasteiger partial charge in [-0.25, -0.2) is 0 Å². The van der Waals surface area contributed by atoms with Crippen molar-refractivity contribution in [2.24, 2.45) is 11.7 Å². The second-order valence-corrected chi connectivity index (χ2v) is 5.43. The average Bonchev–Trinajstić information content (AvgIpc) is 2.44. The van der Waals surface area contributed by atoms with E-state index in [1.165, 1.54) is 0 Å². The molecule has 0 aliphatic rings. The number of nitrogens with one attached hydrogen (secondary N) is 1. The van der Waals surface area contributed by atoms with Gasteiger partial charge in [-0.3, -0.25) is 4.79 Å². The molecule has 0 heterocycles. The molecule has 0 unspecified atom stereocenters. The number of para-hydroxylation sites is 1. The van der Waals surface area contributed by atoms with Crippen LogP contribution in [-0.4, -0.2) is 32.1 Å². The highest BCUT2D eigenvalue weighted by molar-refractivity contribution is 5.81. The largest absolute Gasteiger partial charge is 0.362 e. The highest BCUT2D eigenvalue weighted by Gasteiger charge is 2.10. The van der Waals surface area contributed by atoms with E-state index in [-0.39, 0.29) is 5.91 Å². The standard InChI is InChI=1S/C16H27N3O/c1-14(2)9-11-18-16(20)13-19(12-6-10-17)15-7-4-3-5-8-15/h3-5,7-8,14H,6,9-13,17H2,1-2H3,(H,18,20). The van der Waals surface area contributed by atoms with Crippen molar-refractivity contribution in [2.75, 3.05) is 31.1 Å². The molecule has 4 nitrogen and oxygen atoms in total. The van der Waals surface area contributed by atoms with Crippen molar-refractivity contribution in [1.82, 2.24) is 5.32 Å². The first-order valence-electron chi connectivity index (χ1n) is 7.40. The Morgan fingerprint density at radius 1 is 1.30 bits per heavy atom. The molecule has 3 N–H and O–H groups in total. The van der Waals surface area contributed by atoms with E-state index in [1.54, 1.807) is 0 Å². The Labute approximate surface area is 122 Å². The smallest absolute Gasteiger partial charge is 0.239 e. The van der Waals surface area contributed by atoms with Crippen LogP contribution in [0.4, 0.5) is 5.69 Å². The van der Waals surface area contributed by atoms with Crippen molar-refractivity contribution < 1.29 is 4.79 Å². The van der Waals surface area contributed by atoms with Gasteiger partial charge in [-0.05, 0) is 37.4 Å². The molecular weight excluding hydrogens is 250 g/mol. The Morgan fingerprint density at radius 3 is 2.60 bits per heavy atom. The molecule has 0 atom stereocenters. The van der Waals surface area contributed by atoms with Gasteiger partial charge in [-0.15, -0.1) is 0 Å². The highest BCUT2D eigenvalue weighted by Crippen LogP contribution is 2.13. The van der Waals surface area contributed by atoms with E-state index >= 15 is 0 Å². The second kappa shape index (κ2) is 9.37. The SMILES string of the molecule is CC(C)CCNC(=O)CN(CCCN)c1ccccc1. The van der Waals surface area contributed by atoms with Crippen LogP contribution in [0.5, 0.6) is 0 Å². The molecule has 0 fully saturated rings. The molecule has 0 bridgehead atoms. The number of anilines is 1. The monoisotopic (exact) mass is 277 g/mol. The number of carbonyl (C=O) groups excluding carboxylic acids is 1. The third-order valence-corrected chi connectivity index (χ3v) is 3.13. The van der Waals surface area contributed by atoms with Gasteiger partial charge in [-0.2, -0.15) is 0 Å². The summed E-state index contributed by atoms with van der Waals surface area (Å²) in [7, 11) is 0. The third-order valence-electron chi connectivity index (χ3n) is 3.13. The van der Waals surface area contributed by atoms with E-state index in [0.29, 0.717) is 19.0 Å². The second-order valence-electron chi connectivity index (χ2n) is 5.43. The predicted octanol–water partition coefficient (Wildman–Crippen LogP) is 2.00. The zero-order valence-electron chi connectivity index (χ0n) is 12.6. The van der Waals surface area contributed by atoms with Gasteiger partial charge in [0.2, 0.25) is 5.91 Å². The van der Waals surface area contributed by atoms with E-state index in [4.69, 9.17) is 5.73 Å². The lowest BCUT2D eigenvalue weighted by Crippen LogP contribution is -2.38.